The zero-order valence-electron chi connectivity index (χ0n) is 13.2. The molecular formula is C16H33N3. The van der Waals surface area contributed by atoms with Gasteiger partial charge < -0.3 is 15.1 Å². The topological polar surface area (TPSA) is 18.5 Å². The molecule has 2 saturated heterocycles. The molecule has 0 saturated carbocycles. The number of piperidine rings is 2. The van der Waals surface area contributed by atoms with Crippen molar-refractivity contribution in [3.63, 3.8) is 0 Å². The number of rotatable bonds is 5. The Morgan fingerprint density at radius 2 is 1.68 bits per heavy atom. The summed E-state index contributed by atoms with van der Waals surface area (Å²) in [7, 11) is 2.24. The van der Waals surface area contributed by atoms with Gasteiger partial charge in [-0.05, 0) is 77.7 Å². The third-order valence-electron chi connectivity index (χ3n) is 5.24. The molecule has 0 aliphatic carbocycles. The minimum absolute atomic E-state index is 0.692. The van der Waals surface area contributed by atoms with Crippen molar-refractivity contribution in [3.8, 4) is 0 Å². The maximum absolute atomic E-state index is 3.77. The molecule has 2 aliphatic rings. The van der Waals surface area contributed by atoms with Gasteiger partial charge in [-0.1, -0.05) is 6.92 Å². The number of hydrogen-bond donors (Lipinski definition) is 1. The Bertz CT molecular complexity index is 240. The third kappa shape index (κ3) is 5.05. The molecule has 0 amide bonds. The zero-order valence-corrected chi connectivity index (χ0v) is 13.2. The fourth-order valence-corrected chi connectivity index (χ4v) is 3.43. The lowest BCUT2D eigenvalue weighted by Crippen LogP contribution is -2.44. The second kappa shape index (κ2) is 7.61. The van der Waals surface area contributed by atoms with E-state index in [-0.39, 0.29) is 0 Å². The highest BCUT2D eigenvalue weighted by Crippen LogP contribution is 2.19. The van der Waals surface area contributed by atoms with Gasteiger partial charge in [0.2, 0.25) is 0 Å². The van der Waals surface area contributed by atoms with Gasteiger partial charge >= 0.3 is 0 Å². The van der Waals surface area contributed by atoms with E-state index in [1.807, 2.05) is 0 Å². The van der Waals surface area contributed by atoms with Crippen LogP contribution in [0.15, 0.2) is 0 Å². The van der Waals surface area contributed by atoms with Crippen LogP contribution in [0, 0.1) is 11.8 Å². The van der Waals surface area contributed by atoms with E-state index >= 15 is 0 Å². The van der Waals surface area contributed by atoms with Crippen LogP contribution in [0.25, 0.3) is 0 Å². The van der Waals surface area contributed by atoms with Crippen LogP contribution in [0.4, 0.5) is 0 Å². The van der Waals surface area contributed by atoms with Crippen molar-refractivity contribution in [2.75, 3.05) is 46.3 Å². The summed E-state index contributed by atoms with van der Waals surface area (Å²) in [6.07, 6.45) is 5.52. The minimum atomic E-state index is 0.692. The molecular weight excluding hydrogens is 234 g/mol. The highest BCUT2D eigenvalue weighted by Gasteiger charge is 2.22. The van der Waals surface area contributed by atoms with Crippen LogP contribution in [-0.4, -0.2) is 62.2 Å². The summed E-state index contributed by atoms with van der Waals surface area (Å²) in [4.78, 5) is 5.09. The molecule has 0 aromatic heterocycles. The van der Waals surface area contributed by atoms with E-state index in [0.29, 0.717) is 6.04 Å². The smallest absolute Gasteiger partial charge is 0.0107 e. The molecule has 1 N–H and O–H groups in total. The minimum Gasteiger partial charge on any atom is -0.313 e. The Morgan fingerprint density at radius 1 is 1.05 bits per heavy atom. The first-order chi connectivity index (χ1) is 9.15. The van der Waals surface area contributed by atoms with Crippen LogP contribution in [0.1, 0.15) is 39.5 Å². The maximum atomic E-state index is 3.77. The Hall–Kier alpha value is -0.120. The lowest BCUT2D eigenvalue weighted by molar-refractivity contribution is 0.173. The van der Waals surface area contributed by atoms with Gasteiger partial charge in [-0.2, -0.15) is 0 Å². The Labute approximate surface area is 119 Å². The molecule has 2 aliphatic heterocycles. The van der Waals surface area contributed by atoms with Gasteiger partial charge in [0.1, 0.15) is 0 Å². The number of likely N-dealkylation sites (tertiary alicyclic amines) is 2. The standard InChI is InChI=1S/C16H33N3/c1-14-4-11-19(12-5-14)13-8-17-15(2)16-6-9-18(3)10-7-16/h14-17H,4-13H2,1-3H3. The van der Waals surface area contributed by atoms with Gasteiger partial charge in [0.05, 0.1) is 0 Å². The SMILES string of the molecule is CC1CCN(CCNC(C)C2CCN(C)CC2)CC1. The average molecular weight is 267 g/mol. The van der Waals surface area contributed by atoms with E-state index in [1.165, 1.54) is 65.0 Å². The largest absolute Gasteiger partial charge is 0.313 e. The van der Waals surface area contributed by atoms with E-state index in [4.69, 9.17) is 0 Å². The Morgan fingerprint density at radius 3 is 2.32 bits per heavy atom. The summed E-state index contributed by atoms with van der Waals surface area (Å²) in [6, 6.07) is 0.692. The molecule has 0 spiro atoms. The molecule has 112 valence electrons. The van der Waals surface area contributed by atoms with Gasteiger partial charge in [-0.25, -0.2) is 0 Å². The van der Waals surface area contributed by atoms with Crippen LogP contribution in [0.3, 0.4) is 0 Å². The molecule has 3 nitrogen and oxygen atoms in total. The summed E-state index contributed by atoms with van der Waals surface area (Å²) in [5.41, 5.74) is 0. The molecule has 2 heterocycles. The van der Waals surface area contributed by atoms with Crippen LogP contribution in [0.5, 0.6) is 0 Å². The van der Waals surface area contributed by atoms with E-state index in [0.717, 1.165) is 11.8 Å². The zero-order chi connectivity index (χ0) is 13.7. The van der Waals surface area contributed by atoms with E-state index in [9.17, 15) is 0 Å². The van der Waals surface area contributed by atoms with E-state index in [2.05, 4.69) is 36.0 Å². The summed E-state index contributed by atoms with van der Waals surface area (Å²) in [5, 5.41) is 3.77. The number of hydrogen-bond acceptors (Lipinski definition) is 3. The highest BCUT2D eigenvalue weighted by molar-refractivity contribution is 4.79. The average Bonchev–Trinajstić information content (AvgIpc) is 2.41. The summed E-state index contributed by atoms with van der Waals surface area (Å²) >= 11 is 0. The molecule has 1 atom stereocenters. The van der Waals surface area contributed by atoms with Crippen LogP contribution < -0.4 is 5.32 Å². The second-order valence-electron chi connectivity index (χ2n) is 6.91. The fourth-order valence-electron chi connectivity index (χ4n) is 3.43. The quantitative estimate of drug-likeness (QED) is 0.822. The molecule has 2 rings (SSSR count). The van der Waals surface area contributed by atoms with Crippen LogP contribution in [0.2, 0.25) is 0 Å². The van der Waals surface area contributed by atoms with E-state index < -0.39 is 0 Å². The normalized spacial score (nSPS) is 26.7. The Kier molecular flexibility index (Phi) is 6.11. The lowest BCUT2D eigenvalue weighted by atomic mass is 9.90. The van der Waals surface area contributed by atoms with Gasteiger partial charge in [0.25, 0.3) is 0 Å². The van der Waals surface area contributed by atoms with Crippen molar-refractivity contribution in [2.24, 2.45) is 11.8 Å². The predicted octanol–water partition coefficient (Wildman–Crippen LogP) is 2.04. The maximum Gasteiger partial charge on any atom is 0.0107 e. The summed E-state index contributed by atoms with van der Waals surface area (Å²) in [6.45, 7) is 12.4. The molecule has 2 fully saturated rings. The lowest BCUT2D eigenvalue weighted by Gasteiger charge is -2.34. The number of nitrogens with one attached hydrogen (secondary N) is 1. The molecule has 1 unspecified atom stereocenters. The van der Waals surface area contributed by atoms with Gasteiger partial charge in [-0.15, -0.1) is 0 Å². The second-order valence-corrected chi connectivity index (χ2v) is 6.91. The first-order valence-electron chi connectivity index (χ1n) is 8.29. The molecule has 19 heavy (non-hydrogen) atoms. The molecule has 0 bridgehead atoms. The highest BCUT2D eigenvalue weighted by atomic mass is 15.1. The first-order valence-corrected chi connectivity index (χ1v) is 8.29. The summed E-state index contributed by atoms with van der Waals surface area (Å²) in [5.74, 6) is 1.83. The van der Waals surface area contributed by atoms with Crippen LogP contribution >= 0.6 is 0 Å². The van der Waals surface area contributed by atoms with Crippen LogP contribution in [-0.2, 0) is 0 Å². The van der Waals surface area contributed by atoms with Gasteiger partial charge in [-0.3, -0.25) is 0 Å². The van der Waals surface area contributed by atoms with Gasteiger partial charge in [0, 0.05) is 19.1 Å². The Balaban J connectivity index is 1.57. The number of nitrogens with zero attached hydrogens (tertiary/aromatic N) is 2. The van der Waals surface area contributed by atoms with Crippen molar-refractivity contribution in [3.05, 3.63) is 0 Å². The molecule has 0 aromatic carbocycles. The third-order valence-corrected chi connectivity index (χ3v) is 5.24. The predicted molar refractivity (Wildman–Crippen MR) is 82.5 cm³/mol. The van der Waals surface area contributed by atoms with Crippen molar-refractivity contribution in [1.82, 2.24) is 15.1 Å². The first kappa shape index (κ1) is 15.3. The van der Waals surface area contributed by atoms with Crippen molar-refractivity contribution in [2.45, 2.75) is 45.6 Å². The van der Waals surface area contributed by atoms with Crippen molar-refractivity contribution < 1.29 is 0 Å². The van der Waals surface area contributed by atoms with E-state index in [1.54, 1.807) is 0 Å². The fraction of sp³-hybridized carbons (Fsp3) is 1.00. The molecule has 0 radical (unpaired) electrons. The monoisotopic (exact) mass is 267 g/mol. The van der Waals surface area contributed by atoms with Crippen molar-refractivity contribution in [1.29, 1.82) is 0 Å². The molecule has 3 heteroatoms. The summed E-state index contributed by atoms with van der Waals surface area (Å²) < 4.78 is 0. The molecule has 0 aromatic rings. The van der Waals surface area contributed by atoms with Crippen molar-refractivity contribution >= 4 is 0 Å². The van der Waals surface area contributed by atoms with Gasteiger partial charge in [0.15, 0.2) is 0 Å².